The van der Waals surface area contributed by atoms with E-state index in [1.54, 1.807) is 19.6 Å². The number of benzene rings is 1. The molecule has 0 atom stereocenters. The molecule has 0 aliphatic rings. The number of pyridine rings is 1. The molecular weight excluding hydrogens is 226 g/mol. The van der Waals surface area contributed by atoms with Gasteiger partial charge in [-0.15, -0.1) is 6.42 Å². The van der Waals surface area contributed by atoms with Crippen LogP contribution < -0.4 is 9.47 Å². The summed E-state index contributed by atoms with van der Waals surface area (Å²) in [5.41, 5.74) is 0.698. The predicted octanol–water partition coefficient (Wildman–Crippen LogP) is 3.07. The van der Waals surface area contributed by atoms with Crippen molar-refractivity contribution >= 4 is 0 Å². The first-order valence-electron chi connectivity index (χ1n) is 5.40. The van der Waals surface area contributed by atoms with Crippen LogP contribution in [0.2, 0.25) is 0 Å². The van der Waals surface area contributed by atoms with Crippen molar-refractivity contribution < 1.29 is 9.47 Å². The van der Waals surface area contributed by atoms with E-state index in [1.165, 1.54) is 0 Å². The van der Waals surface area contributed by atoms with E-state index in [2.05, 4.69) is 10.9 Å². The zero-order chi connectivity index (χ0) is 12.8. The fourth-order valence-electron chi connectivity index (χ4n) is 1.42. The lowest BCUT2D eigenvalue weighted by Gasteiger charge is -2.06. The lowest BCUT2D eigenvalue weighted by molar-refractivity contribution is 0.412. The zero-order valence-corrected chi connectivity index (χ0v) is 9.96. The molecule has 1 radical (unpaired) electrons. The van der Waals surface area contributed by atoms with Crippen LogP contribution in [0.15, 0.2) is 42.5 Å². The molecule has 1 aromatic carbocycles. The first kappa shape index (κ1) is 12.0. The number of aromatic nitrogens is 1. The van der Waals surface area contributed by atoms with E-state index in [9.17, 15) is 0 Å². The van der Waals surface area contributed by atoms with Crippen LogP contribution in [0.5, 0.6) is 17.4 Å². The van der Waals surface area contributed by atoms with Crippen LogP contribution in [0.3, 0.4) is 0 Å². The average Bonchev–Trinajstić information content (AvgIpc) is 2.40. The summed E-state index contributed by atoms with van der Waals surface area (Å²) in [4.78, 5) is 4.25. The van der Waals surface area contributed by atoms with Crippen LogP contribution in [-0.2, 0) is 0 Å². The Morgan fingerprint density at radius 3 is 2.50 bits per heavy atom. The Bertz CT molecular complexity index is 555. The molecule has 0 N–H and O–H groups in total. The maximum atomic E-state index is 5.61. The second-order valence-electron chi connectivity index (χ2n) is 3.49. The quantitative estimate of drug-likeness (QED) is 0.767. The number of methoxy groups -OCH3 is 1. The van der Waals surface area contributed by atoms with Crippen LogP contribution >= 0.6 is 0 Å². The van der Waals surface area contributed by atoms with Gasteiger partial charge in [-0.05, 0) is 30.3 Å². The minimum Gasteiger partial charge on any atom is -0.497 e. The number of nitrogens with zero attached hydrogens (tertiary/aromatic N) is 1. The zero-order valence-electron chi connectivity index (χ0n) is 9.96. The third kappa shape index (κ3) is 3.02. The molecule has 89 valence electrons. The van der Waals surface area contributed by atoms with Gasteiger partial charge in [-0.2, -0.15) is 0 Å². The van der Waals surface area contributed by atoms with Gasteiger partial charge in [0, 0.05) is 6.07 Å². The normalized spacial score (nSPS) is 9.56. The van der Waals surface area contributed by atoms with Gasteiger partial charge in [0.25, 0.3) is 0 Å². The highest BCUT2D eigenvalue weighted by Gasteiger charge is 2.00. The maximum Gasteiger partial charge on any atom is 0.219 e. The van der Waals surface area contributed by atoms with E-state index in [-0.39, 0.29) is 0 Å². The molecule has 1 heterocycles. The van der Waals surface area contributed by atoms with E-state index in [4.69, 9.17) is 15.9 Å². The summed E-state index contributed by atoms with van der Waals surface area (Å²) in [6, 6.07) is 12.7. The fourth-order valence-corrected chi connectivity index (χ4v) is 1.42. The van der Waals surface area contributed by atoms with E-state index in [0.717, 1.165) is 5.75 Å². The largest absolute Gasteiger partial charge is 0.497 e. The Kier molecular flexibility index (Phi) is 3.83. The molecular formula is C15H12NO2. The number of terminal acetylenes is 1. The highest BCUT2D eigenvalue weighted by Crippen LogP contribution is 2.22. The molecule has 0 spiro atoms. The topological polar surface area (TPSA) is 31.4 Å². The van der Waals surface area contributed by atoms with Crippen LogP contribution in [-0.4, -0.2) is 12.1 Å². The van der Waals surface area contributed by atoms with Crippen molar-refractivity contribution in [3.8, 4) is 29.7 Å². The third-order valence-electron chi connectivity index (χ3n) is 2.26. The van der Waals surface area contributed by atoms with Crippen molar-refractivity contribution in [1.29, 1.82) is 0 Å². The summed E-state index contributed by atoms with van der Waals surface area (Å²) in [6.07, 6.45) is 6.78. The van der Waals surface area contributed by atoms with Gasteiger partial charge in [0.1, 0.15) is 11.5 Å². The van der Waals surface area contributed by atoms with Crippen LogP contribution in [0.4, 0.5) is 0 Å². The summed E-state index contributed by atoms with van der Waals surface area (Å²) < 4.78 is 10.7. The molecule has 18 heavy (non-hydrogen) atoms. The molecule has 0 saturated heterocycles. The van der Waals surface area contributed by atoms with E-state index in [0.29, 0.717) is 17.3 Å². The van der Waals surface area contributed by atoms with Gasteiger partial charge in [0.15, 0.2) is 0 Å². The smallest absolute Gasteiger partial charge is 0.219 e. The molecule has 2 rings (SSSR count). The van der Waals surface area contributed by atoms with Crippen LogP contribution in [0.25, 0.3) is 0 Å². The molecule has 3 heteroatoms. The van der Waals surface area contributed by atoms with Gasteiger partial charge < -0.3 is 9.47 Å². The van der Waals surface area contributed by atoms with Crippen molar-refractivity contribution in [3.05, 3.63) is 54.6 Å². The minimum absolute atomic E-state index is 0.504. The highest BCUT2D eigenvalue weighted by molar-refractivity contribution is 5.34. The molecule has 1 aromatic heterocycles. The molecule has 0 aliphatic carbocycles. The fraction of sp³-hybridized carbons (Fsp3) is 0.0667. The summed E-state index contributed by atoms with van der Waals surface area (Å²) in [5, 5.41) is 0. The van der Waals surface area contributed by atoms with Crippen molar-refractivity contribution in [2.24, 2.45) is 0 Å². The Morgan fingerprint density at radius 1 is 1.11 bits per heavy atom. The average molecular weight is 238 g/mol. The third-order valence-corrected chi connectivity index (χ3v) is 2.26. The van der Waals surface area contributed by atoms with Crippen molar-refractivity contribution in [1.82, 2.24) is 4.98 Å². The molecule has 0 unspecified atom stereocenters. The highest BCUT2D eigenvalue weighted by atomic mass is 16.5. The summed E-state index contributed by atoms with van der Waals surface area (Å²) in [7, 11) is 1.62. The van der Waals surface area contributed by atoms with E-state index >= 15 is 0 Å². The van der Waals surface area contributed by atoms with Gasteiger partial charge in [-0.25, -0.2) is 4.98 Å². The SMILES string of the molecule is C#C[CH]c1cccc(Oc2ccc(OC)cc2)n1. The molecule has 3 nitrogen and oxygen atoms in total. The Labute approximate surface area is 106 Å². The molecule has 0 bridgehead atoms. The molecule has 0 amide bonds. The predicted molar refractivity (Wildman–Crippen MR) is 69.5 cm³/mol. The first-order chi connectivity index (χ1) is 8.81. The van der Waals surface area contributed by atoms with Gasteiger partial charge in [-0.3, -0.25) is 0 Å². The second-order valence-corrected chi connectivity index (χ2v) is 3.49. The van der Waals surface area contributed by atoms with Crippen molar-refractivity contribution in [2.45, 2.75) is 0 Å². The van der Waals surface area contributed by atoms with Gasteiger partial charge >= 0.3 is 0 Å². The van der Waals surface area contributed by atoms with E-state index < -0.39 is 0 Å². The van der Waals surface area contributed by atoms with Crippen molar-refractivity contribution in [2.75, 3.05) is 7.11 Å². The molecule has 0 saturated carbocycles. The van der Waals surface area contributed by atoms with Crippen LogP contribution in [0.1, 0.15) is 5.69 Å². The minimum atomic E-state index is 0.504. The van der Waals surface area contributed by atoms with Crippen LogP contribution in [0, 0.1) is 18.8 Å². The number of hydrogen-bond acceptors (Lipinski definition) is 3. The molecule has 0 fully saturated rings. The Morgan fingerprint density at radius 2 is 1.83 bits per heavy atom. The second kappa shape index (κ2) is 5.74. The first-order valence-corrected chi connectivity index (χ1v) is 5.40. The van der Waals surface area contributed by atoms with Gasteiger partial charge in [0.05, 0.1) is 19.2 Å². The number of hydrogen-bond donors (Lipinski definition) is 0. The summed E-state index contributed by atoms with van der Waals surface area (Å²) in [5.74, 6) is 4.41. The molecule has 2 aromatic rings. The lowest BCUT2D eigenvalue weighted by Crippen LogP contribution is -1.91. The van der Waals surface area contributed by atoms with Crippen molar-refractivity contribution in [3.63, 3.8) is 0 Å². The standard InChI is InChI=1S/C15H12NO2/c1-3-5-12-6-4-7-15(16-12)18-14-10-8-13(17-2)9-11-14/h1,4-11H,2H3. The van der Waals surface area contributed by atoms with E-state index in [1.807, 2.05) is 36.4 Å². The summed E-state index contributed by atoms with van der Waals surface area (Å²) >= 11 is 0. The maximum absolute atomic E-state index is 5.61. The summed E-state index contributed by atoms with van der Waals surface area (Å²) in [6.45, 7) is 0. The monoisotopic (exact) mass is 238 g/mol. The Hall–Kier alpha value is -2.47. The number of ether oxygens (including phenoxy) is 2. The Balaban J connectivity index is 2.12. The molecule has 0 aliphatic heterocycles. The van der Waals surface area contributed by atoms with Gasteiger partial charge in [0.2, 0.25) is 5.88 Å². The lowest BCUT2D eigenvalue weighted by atomic mass is 10.3. The van der Waals surface area contributed by atoms with Gasteiger partial charge in [-0.1, -0.05) is 12.0 Å². The number of rotatable bonds is 4.